The molecule has 2 heteroatoms. The van der Waals surface area contributed by atoms with Crippen molar-refractivity contribution in [3.63, 3.8) is 0 Å². The zero-order chi connectivity index (χ0) is 9.68. The van der Waals surface area contributed by atoms with Gasteiger partial charge < -0.3 is 4.74 Å². The number of ether oxygens (including phenoxy) is 1. The van der Waals surface area contributed by atoms with Crippen molar-refractivity contribution in [1.82, 2.24) is 0 Å². The molecule has 0 aliphatic heterocycles. The molecular weight excluding hydrogens is 164 g/mol. The molecule has 1 rings (SSSR count). The van der Waals surface area contributed by atoms with Crippen molar-refractivity contribution in [2.75, 3.05) is 0 Å². The highest BCUT2D eigenvalue weighted by Gasteiger charge is 2.08. The summed E-state index contributed by atoms with van der Waals surface area (Å²) in [5, 5.41) is 0. The molecule has 0 spiro atoms. The molecule has 0 unspecified atom stereocenters. The van der Waals surface area contributed by atoms with Crippen LogP contribution in [0.15, 0.2) is 37.1 Å². The fourth-order valence-corrected chi connectivity index (χ4v) is 1.17. The van der Waals surface area contributed by atoms with Crippen molar-refractivity contribution in [3.05, 3.63) is 48.2 Å². The average Bonchev–Trinajstić information content (AvgIpc) is 2.18. The molecule has 1 aromatic rings. The minimum atomic E-state index is -0.340. The van der Waals surface area contributed by atoms with Crippen molar-refractivity contribution < 1.29 is 9.53 Å². The van der Waals surface area contributed by atoms with Gasteiger partial charge in [-0.25, -0.2) is 4.79 Å². The summed E-state index contributed by atoms with van der Waals surface area (Å²) in [7, 11) is 0. The smallest absolute Gasteiger partial charge is 0.343 e. The van der Waals surface area contributed by atoms with Gasteiger partial charge in [0.1, 0.15) is 0 Å². The highest BCUT2D eigenvalue weighted by atomic mass is 16.5. The number of carbonyl (C=O) groups is 1. The zero-order valence-electron chi connectivity index (χ0n) is 7.62. The van der Waals surface area contributed by atoms with Crippen LogP contribution in [0.1, 0.15) is 22.8 Å². The van der Waals surface area contributed by atoms with E-state index >= 15 is 0 Å². The van der Waals surface area contributed by atoms with Crippen molar-refractivity contribution in [1.29, 1.82) is 0 Å². The maximum absolute atomic E-state index is 11.3. The first-order valence-electron chi connectivity index (χ1n) is 4.19. The lowest BCUT2D eigenvalue weighted by atomic mass is 10.1. The molecule has 0 amide bonds. The second kappa shape index (κ2) is 4.45. The summed E-state index contributed by atoms with van der Waals surface area (Å²) in [6.07, 6.45) is 1.97. The van der Waals surface area contributed by atoms with Gasteiger partial charge in [-0.1, -0.05) is 31.7 Å². The number of esters is 1. The lowest BCUT2D eigenvalue weighted by Gasteiger charge is -2.04. The third kappa shape index (κ3) is 2.18. The van der Waals surface area contributed by atoms with Crippen LogP contribution < -0.4 is 0 Å². The number of carbonyl (C=O) groups excluding carboxylic acids is 1. The monoisotopic (exact) mass is 176 g/mol. The highest BCUT2D eigenvalue weighted by molar-refractivity contribution is 5.91. The van der Waals surface area contributed by atoms with Gasteiger partial charge in [0, 0.05) is 0 Å². The van der Waals surface area contributed by atoms with Crippen LogP contribution in [0.2, 0.25) is 0 Å². The van der Waals surface area contributed by atoms with E-state index in [9.17, 15) is 4.79 Å². The Morgan fingerprint density at radius 1 is 1.54 bits per heavy atom. The third-order valence-electron chi connectivity index (χ3n) is 1.81. The highest BCUT2D eigenvalue weighted by Crippen LogP contribution is 2.10. The molecule has 0 fully saturated rings. The fraction of sp³-hybridized carbons (Fsp3) is 0.182. The van der Waals surface area contributed by atoms with E-state index in [0.29, 0.717) is 5.56 Å². The summed E-state index contributed by atoms with van der Waals surface area (Å²) >= 11 is 0. The Bertz CT molecular complexity index is 316. The zero-order valence-corrected chi connectivity index (χ0v) is 7.62. The Labute approximate surface area is 77.8 Å². The van der Waals surface area contributed by atoms with Gasteiger partial charge >= 0.3 is 5.97 Å². The summed E-state index contributed by atoms with van der Waals surface area (Å²) in [5.74, 6) is -0.340. The largest absolute Gasteiger partial charge is 0.432 e. The molecule has 13 heavy (non-hydrogen) atoms. The summed E-state index contributed by atoms with van der Waals surface area (Å²) < 4.78 is 4.70. The van der Waals surface area contributed by atoms with Crippen molar-refractivity contribution in [3.8, 4) is 0 Å². The van der Waals surface area contributed by atoms with E-state index in [1.807, 2.05) is 25.1 Å². The van der Waals surface area contributed by atoms with E-state index < -0.39 is 0 Å². The van der Waals surface area contributed by atoms with Gasteiger partial charge in [-0.05, 0) is 18.1 Å². The van der Waals surface area contributed by atoms with Crippen molar-refractivity contribution in [2.24, 2.45) is 0 Å². The molecule has 0 aromatic heterocycles. The third-order valence-corrected chi connectivity index (χ3v) is 1.81. The molecule has 0 atom stereocenters. The van der Waals surface area contributed by atoms with E-state index in [1.165, 1.54) is 0 Å². The first-order valence-corrected chi connectivity index (χ1v) is 4.19. The Morgan fingerprint density at radius 2 is 2.23 bits per heavy atom. The van der Waals surface area contributed by atoms with Gasteiger partial charge in [-0.15, -0.1) is 0 Å². The van der Waals surface area contributed by atoms with E-state index in [4.69, 9.17) is 4.74 Å². The van der Waals surface area contributed by atoms with Crippen LogP contribution in [0.4, 0.5) is 0 Å². The number of rotatable bonds is 3. The van der Waals surface area contributed by atoms with Crippen LogP contribution in [0, 0.1) is 0 Å². The quantitative estimate of drug-likeness (QED) is 0.522. The van der Waals surface area contributed by atoms with Gasteiger partial charge in [-0.2, -0.15) is 0 Å². The van der Waals surface area contributed by atoms with E-state index in [1.54, 1.807) is 6.07 Å². The topological polar surface area (TPSA) is 26.3 Å². The number of aryl methyl sites for hydroxylation is 1. The molecular formula is C11H12O2. The summed E-state index contributed by atoms with van der Waals surface area (Å²) in [4.78, 5) is 11.3. The molecule has 0 N–H and O–H groups in total. The van der Waals surface area contributed by atoms with Crippen LogP contribution in [-0.4, -0.2) is 5.97 Å². The van der Waals surface area contributed by atoms with E-state index in [2.05, 4.69) is 6.58 Å². The molecule has 68 valence electrons. The molecule has 1 aromatic carbocycles. The van der Waals surface area contributed by atoms with Gasteiger partial charge in [0.15, 0.2) is 0 Å². The number of hydrogen-bond acceptors (Lipinski definition) is 2. The van der Waals surface area contributed by atoms with Crippen LogP contribution in [0.3, 0.4) is 0 Å². The van der Waals surface area contributed by atoms with Crippen molar-refractivity contribution in [2.45, 2.75) is 13.3 Å². The van der Waals surface area contributed by atoms with E-state index in [0.717, 1.165) is 18.2 Å². The van der Waals surface area contributed by atoms with Gasteiger partial charge in [0.2, 0.25) is 0 Å². The summed E-state index contributed by atoms with van der Waals surface area (Å²) in [6, 6.07) is 7.40. The average molecular weight is 176 g/mol. The van der Waals surface area contributed by atoms with Gasteiger partial charge in [0.05, 0.1) is 11.8 Å². The molecule has 0 heterocycles. The second-order valence-electron chi connectivity index (χ2n) is 2.58. The summed E-state index contributed by atoms with van der Waals surface area (Å²) in [6.45, 7) is 5.34. The SMILES string of the molecule is C=COC(=O)c1ccccc1CC. The molecule has 2 nitrogen and oxygen atoms in total. The fourth-order valence-electron chi connectivity index (χ4n) is 1.17. The van der Waals surface area contributed by atoms with Crippen LogP contribution >= 0.6 is 0 Å². The van der Waals surface area contributed by atoms with Crippen LogP contribution in [0.25, 0.3) is 0 Å². The van der Waals surface area contributed by atoms with Crippen molar-refractivity contribution >= 4 is 5.97 Å². The molecule has 0 radical (unpaired) electrons. The second-order valence-corrected chi connectivity index (χ2v) is 2.58. The first kappa shape index (κ1) is 9.52. The Balaban J connectivity index is 2.98. The minimum Gasteiger partial charge on any atom is -0.432 e. The lowest BCUT2D eigenvalue weighted by Crippen LogP contribution is -2.03. The van der Waals surface area contributed by atoms with Gasteiger partial charge in [-0.3, -0.25) is 0 Å². The maximum atomic E-state index is 11.3. The Hall–Kier alpha value is -1.57. The standard InChI is InChI=1S/C11H12O2/c1-3-9-7-5-6-8-10(9)11(12)13-4-2/h4-8H,2-3H2,1H3. The first-order chi connectivity index (χ1) is 6.29. The minimum absolute atomic E-state index is 0.340. The van der Waals surface area contributed by atoms with Gasteiger partial charge in [0.25, 0.3) is 0 Å². The maximum Gasteiger partial charge on any atom is 0.343 e. The molecule has 0 saturated heterocycles. The molecule has 0 aliphatic carbocycles. The number of benzene rings is 1. The number of hydrogen-bond donors (Lipinski definition) is 0. The lowest BCUT2D eigenvalue weighted by molar-refractivity contribution is 0.0663. The van der Waals surface area contributed by atoms with Crippen LogP contribution in [-0.2, 0) is 11.2 Å². The van der Waals surface area contributed by atoms with Crippen LogP contribution in [0.5, 0.6) is 0 Å². The summed E-state index contributed by atoms with van der Waals surface area (Å²) in [5.41, 5.74) is 1.61. The Morgan fingerprint density at radius 3 is 2.85 bits per heavy atom. The predicted molar refractivity (Wildman–Crippen MR) is 51.4 cm³/mol. The molecule has 0 aliphatic rings. The molecule has 0 bridgehead atoms. The van der Waals surface area contributed by atoms with E-state index in [-0.39, 0.29) is 5.97 Å². The Kier molecular flexibility index (Phi) is 3.26. The normalized spacial score (nSPS) is 9.31. The molecule has 0 saturated carbocycles. The predicted octanol–water partition coefficient (Wildman–Crippen LogP) is 2.55.